The van der Waals surface area contributed by atoms with E-state index in [0.717, 1.165) is 24.2 Å². The monoisotopic (exact) mass is 323 g/mol. The zero-order valence-electron chi connectivity index (χ0n) is 13.1. The van der Waals surface area contributed by atoms with E-state index in [4.69, 9.17) is 0 Å². The number of alkyl halides is 2. The van der Waals surface area contributed by atoms with Crippen LogP contribution in [0.25, 0.3) is 0 Å². The van der Waals surface area contributed by atoms with Gasteiger partial charge in [0.1, 0.15) is 12.2 Å². The third-order valence-electron chi connectivity index (χ3n) is 4.02. The van der Waals surface area contributed by atoms with Gasteiger partial charge >= 0.3 is 0 Å². The van der Waals surface area contributed by atoms with Gasteiger partial charge in [-0.15, -0.1) is 0 Å². The molecule has 1 amide bonds. The van der Waals surface area contributed by atoms with Crippen LogP contribution in [0.5, 0.6) is 0 Å². The van der Waals surface area contributed by atoms with Crippen LogP contribution in [0, 0.1) is 6.92 Å². The van der Waals surface area contributed by atoms with Gasteiger partial charge in [-0.05, 0) is 32.8 Å². The quantitative estimate of drug-likeness (QED) is 0.889. The van der Waals surface area contributed by atoms with Crippen molar-refractivity contribution in [3.63, 3.8) is 0 Å². The lowest BCUT2D eigenvalue weighted by Crippen LogP contribution is -2.21. The number of carbonyl (C=O) groups excluding carboxylic acids is 1. The highest BCUT2D eigenvalue weighted by molar-refractivity contribution is 5.90. The average molecular weight is 323 g/mol. The van der Waals surface area contributed by atoms with Crippen molar-refractivity contribution < 1.29 is 13.6 Å². The van der Waals surface area contributed by atoms with Crippen molar-refractivity contribution in [2.45, 2.75) is 52.1 Å². The number of nitrogens with one attached hydrogen (secondary N) is 1. The summed E-state index contributed by atoms with van der Waals surface area (Å²) in [6.07, 6.45) is 0.880. The van der Waals surface area contributed by atoms with E-state index >= 15 is 0 Å². The van der Waals surface area contributed by atoms with Crippen LogP contribution in [-0.2, 0) is 17.9 Å². The van der Waals surface area contributed by atoms with Crippen LogP contribution in [0.2, 0.25) is 0 Å². The molecule has 1 fully saturated rings. The smallest absolute Gasteiger partial charge is 0.282 e. The first-order valence-corrected chi connectivity index (χ1v) is 7.67. The van der Waals surface area contributed by atoms with Crippen molar-refractivity contribution >= 4 is 11.6 Å². The Hall–Kier alpha value is -2.25. The SMILES string of the molecule is CCn1ncc(NC(=O)Cn2nc(C(F)F)cc2C2CC2)c1C. The molecule has 0 bridgehead atoms. The van der Waals surface area contributed by atoms with E-state index < -0.39 is 6.43 Å². The molecule has 1 aliphatic carbocycles. The molecule has 124 valence electrons. The number of aryl methyl sites for hydroxylation is 1. The van der Waals surface area contributed by atoms with Crippen LogP contribution in [0.4, 0.5) is 14.5 Å². The molecule has 0 aliphatic heterocycles. The van der Waals surface area contributed by atoms with Gasteiger partial charge in [0.25, 0.3) is 6.43 Å². The Bertz CT molecular complexity index is 718. The highest BCUT2D eigenvalue weighted by Crippen LogP contribution is 2.41. The van der Waals surface area contributed by atoms with E-state index in [2.05, 4.69) is 15.5 Å². The van der Waals surface area contributed by atoms with Gasteiger partial charge in [0.05, 0.1) is 17.6 Å². The number of aromatic nitrogens is 4. The molecule has 3 rings (SSSR count). The molecule has 0 saturated heterocycles. The Morgan fingerprint density at radius 2 is 2.17 bits per heavy atom. The minimum Gasteiger partial charge on any atom is -0.322 e. The second kappa shape index (κ2) is 6.10. The second-order valence-corrected chi connectivity index (χ2v) is 5.73. The van der Waals surface area contributed by atoms with Crippen LogP contribution in [0.1, 0.15) is 49.2 Å². The first-order valence-electron chi connectivity index (χ1n) is 7.67. The minimum absolute atomic E-state index is 0.0741. The summed E-state index contributed by atoms with van der Waals surface area (Å²) < 4.78 is 28.8. The number of hydrogen-bond donors (Lipinski definition) is 1. The molecule has 1 N–H and O–H groups in total. The summed E-state index contributed by atoms with van der Waals surface area (Å²) in [7, 11) is 0. The molecule has 2 aromatic rings. The molecule has 23 heavy (non-hydrogen) atoms. The molecule has 0 unspecified atom stereocenters. The zero-order chi connectivity index (χ0) is 16.6. The Morgan fingerprint density at radius 1 is 1.43 bits per heavy atom. The number of anilines is 1. The van der Waals surface area contributed by atoms with E-state index in [0.29, 0.717) is 12.2 Å². The maximum Gasteiger partial charge on any atom is 0.282 e. The summed E-state index contributed by atoms with van der Waals surface area (Å²) in [5, 5.41) is 10.8. The molecule has 2 heterocycles. The first kappa shape index (κ1) is 15.6. The van der Waals surface area contributed by atoms with E-state index in [1.807, 2.05) is 13.8 Å². The summed E-state index contributed by atoms with van der Waals surface area (Å²) >= 11 is 0. The molecule has 0 atom stereocenters. The van der Waals surface area contributed by atoms with E-state index in [9.17, 15) is 13.6 Å². The lowest BCUT2D eigenvalue weighted by atomic mass is 10.2. The molecule has 2 aromatic heterocycles. The summed E-state index contributed by atoms with van der Waals surface area (Å²) in [6.45, 7) is 4.47. The van der Waals surface area contributed by atoms with Crippen LogP contribution in [0.15, 0.2) is 12.3 Å². The van der Waals surface area contributed by atoms with Crippen LogP contribution in [-0.4, -0.2) is 25.5 Å². The van der Waals surface area contributed by atoms with Gasteiger partial charge in [-0.25, -0.2) is 8.78 Å². The van der Waals surface area contributed by atoms with Crippen molar-refractivity contribution in [1.82, 2.24) is 19.6 Å². The Morgan fingerprint density at radius 3 is 2.74 bits per heavy atom. The Labute approximate surface area is 132 Å². The van der Waals surface area contributed by atoms with Crippen molar-refractivity contribution in [1.29, 1.82) is 0 Å². The molecule has 1 aliphatic rings. The Kier molecular flexibility index (Phi) is 4.14. The number of carbonyl (C=O) groups is 1. The van der Waals surface area contributed by atoms with Gasteiger partial charge in [-0.2, -0.15) is 10.2 Å². The van der Waals surface area contributed by atoms with E-state index in [-0.39, 0.29) is 24.1 Å². The average Bonchev–Trinajstić information content (AvgIpc) is 3.18. The van der Waals surface area contributed by atoms with Crippen molar-refractivity contribution in [2.75, 3.05) is 5.32 Å². The van der Waals surface area contributed by atoms with E-state index in [1.165, 1.54) is 10.7 Å². The molecular formula is C15H19F2N5O. The normalized spacial score (nSPS) is 14.5. The predicted octanol–water partition coefficient (Wildman–Crippen LogP) is 2.86. The number of amides is 1. The number of halogens is 2. The van der Waals surface area contributed by atoms with Crippen LogP contribution in [0.3, 0.4) is 0 Å². The first-order chi connectivity index (χ1) is 11.0. The lowest BCUT2D eigenvalue weighted by Gasteiger charge is -2.08. The molecule has 1 saturated carbocycles. The van der Waals surface area contributed by atoms with Gasteiger partial charge in [-0.3, -0.25) is 14.2 Å². The lowest BCUT2D eigenvalue weighted by molar-refractivity contribution is -0.117. The third kappa shape index (κ3) is 3.25. The fourth-order valence-electron chi connectivity index (χ4n) is 2.61. The largest absolute Gasteiger partial charge is 0.322 e. The van der Waals surface area contributed by atoms with Crippen molar-refractivity contribution in [3.8, 4) is 0 Å². The van der Waals surface area contributed by atoms with Crippen LogP contribution < -0.4 is 5.32 Å². The summed E-state index contributed by atoms with van der Waals surface area (Å²) in [4.78, 5) is 12.2. The summed E-state index contributed by atoms with van der Waals surface area (Å²) in [5.41, 5.74) is 1.94. The fraction of sp³-hybridized carbons (Fsp3) is 0.533. The molecule has 8 heteroatoms. The Balaban J connectivity index is 1.73. The highest BCUT2D eigenvalue weighted by atomic mass is 19.3. The highest BCUT2D eigenvalue weighted by Gasteiger charge is 2.30. The molecule has 0 spiro atoms. The van der Waals surface area contributed by atoms with Crippen LogP contribution >= 0.6 is 0 Å². The summed E-state index contributed by atoms with van der Waals surface area (Å²) in [6, 6.07) is 1.41. The maximum atomic E-state index is 12.8. The van der Waals surface area contributed by atoms with Crippen molar-refractivity contribution in [2.24, 2.45) is 0 Å². The zero-order valence-corrected chi connectivity index (χ0v) is 13.1. The van der Waals surface area contributed by atoms with E-state index in [1.54, 1.807) is 10.9 Å². The third-order valence-corrected chi connectivity index (χ3v) is 4.02. The second-order valence-electron chi connectivity index (χ2n) is 5.73. The topological polar surface area (TPSA) is 64.7 Å². The van der Waals surface area contributed by atoms with Gasteiger partial charge in [-0.1, -0.05) is 0 Å². The summed E-state index contributed by atoms with van der Waals surface area (Å²) in [5.74, 6) is -0.0538. The maximum absolute atomic E-state index is 12.8. The van der Waals surface area contributed by atoms with Gasteiger partial charge < -0.3 is 5.32 Å². The molecular weight excluding hydrogens is 304 g/mol. The van der Waals surface area contributed by atoms with Gasteiger partial charge in [0.15, 0.2) is 0 Å². The van der Waals surface area contributed by atoms with Gasteiger partial charge in [0.2, 0.25) is 5.91 Å². The molecule has 6 nitrogen and oxygen atoms in total. The van der Waals surface area contributed by atoms with Gasteiger partial charge in [0, 0.05) is 18.2 Å². The predicted molar refractivity (Wildman–Crippen MR) is 80.4 cm³/mol. The minimum atomic E-state index is -2.62. The molecule has 0 radical (unpaired) electrons. The van der Waals surface area contributed by atoms with Crippen molar-refractivity contribution in [3.05, 3.63) is 29.3 Å². The standard InChI is InChI=1S/C15H19F2N5O/c1-3-21-9(2)12(7-18-21)19-14(23)8-22-13(10-4-5-10)6-11(20-22)15(16)17/h6-7,10,15H,3-5,8H2,1-2H3,(H,19,23). The fourth-order valence-corrected chi connectivity index (χ4v) is 2.61. The number of hydrogen-bond acceptors (Lipinski definition) is 3. The number of rotatable bonds is 6. The number of nitrogens with zero attached hydrogens (tertiary/aromatic N) is 4. The molecule has 0 aromatic carbocycles.